The van der Waals surface area contributed by atoms with Crippen molar-refractivity contribution in [2.45, 2.75) is 70.3 Å². The Balaban J connectivity index is 1.41. The van der Waals surface area contributed by atoms with Gasteiger partial charge in [-0.3, -0.25) is 4.79 Å². The standard InChI is InChI=1S/C23H28O3/c1-2-22-9-7-16-15-6-4-14(24)11-13(15)3-5-17(16)21(22)18-12-19(18)23(22)10-8-20(25)26-23/h8,10,16-19,21H,2-7,9,11-12H2,1H3/t16?,17?,18?,19?,21?,22-,23-/m0/s1. The molecule has 3 nitrogen and oxygen atoms in total. The third-order valence-electron chi connectivity index (χ3n) is 9.28. The molecule has 0 aromatic carbocycles. The van der Waals surface area contributed by atoms with Crippen molar-refractivity contribution < 1.29 is 14.3 Å². The molecule has 1 heterocycles. The van der Waals surface area contributed by atoms with Gasteiger partial charge in [-0.1, -0.05) is 18.1 Å². The summed E-state index contributed by atoms with van der Waals surface area (Å²) in [6.07, 6.45) is 13.6. The van der Waals surface area contributed by atoms with Crippen LogP contribution in [-0.2, 0) is 14.3 Å². The van der Waals surface area contributed by atoms with E-state index in [0.717, 1.165) is 43.9 Å². The zero-order valence-electron chi connectivity index (χ0n) is 15.6. The monoisotopic (exact) mass is 352 g/mol. The van der Waals surface area contributed by atoms with Crippen molar-refractivity contribution >= 4 is 11.8 Å². The number of ether oxygens (including phenoxy) is 1. The van der Waals surface area contributed by atoms with E-state index >= 15 is 0 Å². The summed E-state index contributed by atoms with van der Waals surface area (Å²) < 4.78 is 6.12. The lowest BCUT2D eigenvalue weighted by atomic mass is 9.49. The minimum absolute atomic E-state index is 0.120. The zero-order valence-corrected chi connectivity index (χ0v) is 15.6. The van der Waals surface area contributed by atoms with E-state index < -0.39 is 0 Å². The Bertz CT molecular complexity index is 776. The van der Waals surface area contributed by atoms with Gasteiger partial charge in [-0.2, -0.15) is 0 Å². The molecule has 1 aliphatic heterocycles. The van der Waals surface area contributed by atoms with Crippen molar-refractivity contribution in [3.63, 3.8) is 0 Å². The second-order valence-electron chi connectivity index (χ2n) is 9.78. The predicted octanol–water partition coefficient (Wildman–Crippen LogP) is 4.37. The lowest BCUT2D eigenvalue weighted by Crippen LogP contribution is -2.55. The fraction of sp³-hybridized carbons (Fsp3) is 0.739. The van der Waals surface area contributed by atoms with Gasteiger partial charge in [-0.15, -0.1) is 0 Å². The van der Waals surface area contributed by atoms with Gasteiger partial charge in [-0.05, 0) is 74.7 Å². The van der Waals surface area contributed by atoms with Crippen molar-refractivity contribution in [1.29, 1.82) is 0 Å². The Morgan fingerprint density at radius 1 is 1.15 bits per heavy atom. The molecular weight excluding hydrogens is 324 g/mol. The summed E-state index contributed by atoms with van der Waals surface area (Å²) in [6.45, 7) is 2.33. The van der Waals surface area contributed by atoms with E-state index in [-0.39, 0.29) is 17.0 Å². The van der Waals surface area contributed by atoms with Gasteiger partial charge in [0.15, 0.2) is 0 Å². The van der Waals surface area contributed by atoms with Crippen LogP contribution in [0.15, 0.2) is 23.3 Å². The molecular formula is C23H28O3. The zero-order chi connectivity index (χ0) is 17.7. The van der Waals surface area contributed by atoms with Crippen LogP contribution >= 0.6 is 0 Å². The molecule has 26 heavy (non-hydrogen) atoms. The van der Waals surface area contributed by atoms with Crippen molar-refractivity contribution in [3.8, 4) is 0 Å². The number of esters is 1. The minimum atomic E-state index is -0.295. The van der Waals surface area contributed by atoms with Gasteiger partial charge < -0.3 is 4.74 Å². The second-order valence-corrected chi connectivity index (χ2v) is 9.78. The highest BCUT2D eigenvalue weighted by Gasteiger charge is 2.78. The summed E-state index contributed by atoms with van der Waals surface area (Å²) in [4.78, 5) is 24.0. The van der Waals surface area contributed by atoms with E-state index in [4.69, 9.17) is 4.74 Å². The molecule has 0 amide bonds. The van der Waals surface area contributed by atoms with Crippen molar-refractivity contribution in [2.75, 3.05) is 0 Å². The maximum atomic E-state index is 12.1. The number of ketones is 1. The van der Waals surface area contributed by atoms with E-state index in [0.29, 0.717) is 23.5 Å². The smallest absolute Gasteiger partial charge is 0.331 e. The summed E-state index contributed by atoms with van der Waals surface area (Å²) >= 11 is 0. The van der Waals surface area contributed by atoms with Gasteiger partial charge >= 0.3 is 5.97 Å². The van der Waals surface area contributed by atoms with Crippen molar-refractivity contribution in [3.05, 3.63) is 23.3 Å². The summed E-state index contributed by atoms with van der Waals surface area (Å²) in [5.41, 5.74) is 3.03. The molecule has 0 bridgehead atoms. The summed E-state index contributed by atoms with van der Waals surface area (Å²) in [7, 11) is 0. The number of carbonyl (C=O) groups is 2. The minimum Gasteiger partial charge on any atom is -0.451 e. The van der Waals surface area contributed by atoms with Crippen molar-refractivity contribution in [1.82, 2.24) is 0 Å². The normalized spacial score (nSPS) is 51.0. The van der Waals surface area contributed by atoms with Crippen LogP contribution in [-0.4, -0.2) is 17.4 Å². The van der Waals surface area contributed by atoms with Crippen LogP contribution in [0.25, 0.3) is 0 Å². The van der Waals surface area contributed by atoms with Crippen molar-refractivity contribution in [2.24, 2.45) is 35.0 Å². The Hall–Kier alpha value is -1.38. The molecule has 6 aliphatic rings. The first-order valence-electron chi connectivity index (χ1n) is 10.7. The molecule has 3 heteroatoms. The van der Waals surface area contributed by atoms with Gasteiger partial charge in [0.1, 0.15) is 11.4 Å². The lowest BCUT2D eigenvalue weighted by Gasteiger charge is -2.56. The van der Waals surface area contributed by atoms with Crippen LogP contribution in [0, 0.1) is 35.0 Å². The van der Waals surface area contributed by atoms with Crippen LogP contribution in [0.1, 0.15) is 64.7 Å². The Labute approximate surface area is 155 Å². The third-order valence-corrected chi connectivity index (χ3v) is 9.28. The van der Waals surface area contributed by atoms with Gasteiger partial charge in [-0.25, -0.2) is 4.79 Å². The molecule has 6 rings (SSSR count). The molecule has 7 atom stereocenters. The molecule has 5 aliphatic carbocycles. The maximum absolute atomic E-state index is 12.1. The average molecular weight is 352 g/mol. The first-order chi connectivity index (χ1) is 12.6. The summed E-state index contributed by atoms with van der Waals surface area (Å²) in [6, 6.07) is 0. The van der Waals surface area contributed by atoms with Gasteiger partial charge in [0, 0.05) is 30.3 Å². The largest absolute Gasteiger partial charge is 0.451 e. The lowest BCUT2D eigenvalue weighted by molar-refractivity contribution is -0.169. The van der Waals surface area contributed by atoms with E-state index in [1.165, 1.54) is 31.3 Å². The molecule has 0 aromatic rings. The highest BCUT2D eigenvalue weighted by atomic mass is 16.6. The van der Waals surface area contributed by atoms with E-state index in [2.05, 4.69) is 13.0 Å². The number of hydrogen-bond donors (Lipinski definition) is 0. The molecule has 138 valence electrons. The molecule has 1 spiro atoms. The first-order valence-corrected chi connectivity index (χ1v) is 10.7. The van der Waals surface area contributed by atoms with Crippen LogP contribution in [0.4, 0.5) is 0 Å². The highest BCUT2D eigenvalue weighted by molar-refractivity contribution is 5.86. The molecule has 0 aromatic heterocycles. The summed E-state index contributed by atoms with van der Waals surface area (Å²) in [5, 5.41) is 0. The summed E-state index contributed by atoms with van der Waals surface area (Å²) in [5.74, 6) is 3.81. The number of allylic oxidation sites excluding steroid dienone is 2. The molecule has 0 saturated heterocycles. The highest BCUT2D eigenvalue weighted by Crippen LogP contribution is 2.78. The van der Waals surface area contributed by atoms with Crippen LogP contribution in [0.3, 0.4) is 0 Å². The molecule has 3 saturated carbocycles. The molecule has 0 radical (unpaired) electrons. The topological polar surface area (TPSA) is 43.4 Å². The van der Waals surface area contributed by atoms with Crippen LogP contribution in [0.2, 0.25) is 0 Å². The molecule has 3 fully saturated rings. The van der Waals surface area contributed by atoms with E-state index in [1.54, 1.807) is 11.6 Å². The Kier molecular flexibility index (Phi) is 2.96. The molecule has 0 N–H and O–H groups in total. The Morgan fingerprint density at radius 2 is 2.04 bits per heavy atom. The fourth-order valence-electron chi connectivity index (χ4n) is 8.43. The Morgan fingerprint density at radius 3 is 2.81 bits per heavy atom. The van der Waals surface area contributed by atoms with Gasteiger partial charge in [0.25, 0.3) is 0 Å². The maximum Gasteiger partial charge on any atom is 0.331 e. The number of Topliss-reactive ketones (excluding diaryl/α,β-unsaturated/α-hetero) is 1. The van der Waals surface area contributed by atoms with Gasteiger partial charge in [0.2, 0.25) is 0 Å². The number of carbonyl (C=O) groups excluding carboxylic acids is 2. The van der Waals surface area contributed by atoms with Gasteiger partial charge in [0.05, 0.1) is 0 Å². The quantitative estimate of drug-likeness (QED) is 0.520. The van der Waals surface area contributed by atoms with Crippen LogP contribution < -0.4 is 0 Å². The second kappa shape index (κ2) is 4.91. The average Bonchev–Trinajstić information content (AvgIpc) is 3.29. The van der Waals surface area contributed by atoms with E-state index in [1.807, 2.05) is 0 Å². The number of rotatable bonds is 1. The van der Waals surface area contributed by atoms with Crippen LogP contribution in [0.5, 0.6) is 0 Å². The fourth-order valence-corrected chi connectivity index (χ4v) is 8.43. The number of hydrogen-bond acceptors (Lipinski definition) is 3. The predicted molar refractivity (Wildman–Crippen MR) is 97.1 cm³/mol. The first kappa shape index (κ1) is 15.7. The number of fused-ring (bicyclic) bond motifs is 8. The van der Waals surface area contributed by atoms with E-state index in [9.17, 15) is 9.59 Å². The third kappa shape index (κ3) is 1.67. The molecule has 5 unspecified atom stereocenters. The SMILES string of the molecule is CC[C@]12CCC3C4=C(CCC3C1C1CC1[C@@]21C=CC(=O)O1)CC(=O)CC4.